The van der Waals surface area contributed by atoms with Gasteiger partial charge in [0.15, 0.2) is 5.82 Å². The second-order valence-corrected chi connectivity index (χ2v) is 14.2. The highest BCUT2D eigenvalue weighted by atomic mass is 16.5. The first-order valence-electron chi connectivity index (χ1n) is 16.1. The molecule has 0 saturated heterocycles. The molecule has 2 bridgehead atoms. The smallest absolute Gasteiger partial charge is 0.158 e. The molecule has 3 aromatic heterocycles. The Bertz CT molecular complexity index is 2100. The van der Waals surface area contributed by atoms with Crippen LogP contribution in [-0.4, -0.2) is 26.7 Å². The summed E-state index contributed by atoms with van der Waals surface area (Å²) in [5, 5.41) is 2.38. The molecular weight excluding hydrogens is 554 g/mol. The summed E-state index contributed by atoms with van der Waals surface area (Å²) in [6.07, 6.45) is 9.10. The fraction of sp³-hybridized carbons (Fsp3) is 0.282. The summed E-state index contributed by atoms with van der Waals surface area (Å²) in [4.78, 5) is 14.7. The van der Waals surface area contributed by atoms with Crippen molar-refractivity contribution in [3.63, 3.8) is 0 Å². The van der Waals surface area contributed by atoms with Crippen molar-refractivity contribution < 1.29 is 4.74 Å². The number of rotatable bonds is 5. The third kappa shape index (κ3) is 4.15. The number of aromatic nitrogens is 3. The molecule has 6 aromatic rings. The van der Waals surface area contributed by atoms with Gasteiger partial charge in [-0.25, -0.2) is 9.97 Å². The number of anilines is 3. The van der Waals surface area contributed by atoms with Crippen molar-refractivity contribution in [3.8, 4) is 17.3 Å². The Morgan fingerprint density at radius 3 is 2.47 bits per heavy atom. The Morgan fingerprint density at radius 1 is 0.778 bits per heavy atom. The average Bonchev–Trinajstić information content (AvgIpc) is 3.81. The van der Waals surface area contributed by atoms with Crippen LogP contribution in [0.4, 0.5) is 17.2 Å². The molecule has 4 heterocycles. The summed E-state index contributed by atoms with van der Waals surface area (Å²) in [7, 11) is 0. The van der Waals surface area contributed by atoms with Gasteiger partial charge in [0.2, 0.25) is 0 Å². The van der Waals surface area contributed by atoms with Gasteiger partial charge in [-0.05, 0) is 97.2 Å². The first-order valence-corrected chi connectivity index (χ1v) is 16.1. The van der Waals surface area contributed by atoms with Crippen LogP contribution < -0.4 is 14.5 Å². The molecule has 1 aliphatic heterocycles. The van der Waals surface area contributed by atoms with E-state index in [1.54, 1.807) is 0 Å². The third-order valence-electron chi connectivity index (χ3n) is 10.4. The molecule has 10 rings (SSSR count). The van der Waals surface area contributed by atoms with Crippen molar-refractivity contribution in [1.29, 1.82) is 0 Å². The zero-order valence-corrected chi connectivity index (χ0v) is 26.1. The van der Waals surface area contributed by atoms with Gasteiger partial charge in [-0.1, -0.05) is 45.0 Å². The van der Waals surface area contributed by atoms with E-state index >= 15 is 0 Å². The van der Waals surface area contributed by atoms with Gasteiger partial charge in [0, 0.05) is 46.5 Å². The van der Waals surface area contributed by atoms with Crippen LogP contribution >= 0.6 is 0 Å². The molecule has 0 atom stereocenters. The molecule has 6 nitrogen and oxygen atoms in total. The van der Waals surface area contributed by atoms with Crippen LogP contribution in [0.25, 0.3) is 27.6 Å². The Balaban J connectivity index is 1.08. The zero-order valence-electron chi connectivity index (χ0n) is 26.1. The van der Waals surface area contributed by atoms with E-state index in [0.717, 1.165) is 52.4 Å². The Labute approximate surface area is 263 Å². The van der Waals surface area contributed by atoms with E-state index in [9.17, 15) is 0 Å². The van der Waals surface area contributed by atoms with E-state index in [1.807, 2.05) is 18.5 Å². The lowest BCUT2D eigenvalue weighted by atomic mass is 9.76. The maximum atomic E-state index is 6.60. The van der Waals surface area contributed by atoms with Gasteiger partial charge < -0.3 is 14.5 Å². The lowest BCUT2D eigenvalue weighted by Gasteiger charge is -2.47. The van der Waals surface area contributed by atoms with Crippen molar-refractivity contribution in [1.82, 2.24) is 14.5 Å². The molecule has 3 fully saturated rings. The molecule has 3 saturated carbocycles. The first kappa shape index (κ1) is 26.6. The molecule has 4 aliphatic rings. The van der Waals surface area contributed by atoms with E-state index in [1.165, 1.54) is 47.7 Å². The Kier molecular flexibility index (Phi) is 5.65. The highest BCUT2D eigenvalue weighted by Gasteiger charge is 2.56. The molecule has 224 valence electrons. The van der Waals surface area contributed by atoms with Crippen molar-refractivity contribution in [2.24, 2.45) is 5.92 Å². The monoisotopic (exact) mass is 591 g/mol. The standard InChI is InChI=1S/C39H37N5O/c1-38(2,3)27-16-19-40-36(20-27)44-33-11-5-4-10-31(33)32-14-13-30(22-35(32)44)45-29-9-6-8-28(21-29)42-25-43(34-12-7-18-41-37(34)42)39-17-15-26(23-39)24-39/h4-14,16,18-22,26H,15,17,23-25H2,1-3H3. The Morgan fingerprint density at radius 2 is 1.62 bits per heavy atom. The minimum absolute atomic E-state index is 0.0230. The van der Waals surface area contributed by atoms with Crippen molar-refractivity contribution in [2.75, 3.05) is 16.5 Å². The molecule has 3 aliphatic carbocycles. The summed E-state index contributed by atoms with van der Waals surface area (Å²) in [5.41, 5.74) is 6.14. The van der Waals surface area contributed by atoms with Gasteiger partial charge in [0.1, 0.15) is 17.3 Å². The maximum Gasteiger partial charge on any atom is 0.158 e. The summed E-state index contributed by atoms with van der Waals surface area (Å²) in [6.45, 7) is 7.55. The van der Waals surface area contributed by atoms with Crippen LogP contribution in [0.1, 0.15) is 52.0 Å². The highest BCUT2D eigenvalue weighted by Crippen LogP contribution is 2.59. The van der Waals surface area contributed by atoms with Crippen LogP contribution in [0.15, 0.2) is 103 Å². The van der Waals surface area contributed by atoms with E-state index in [4.69, 9.17) is 14.7 Å². The van der Waals surface area contributed by atoms with Crippen LogP contribution in [0.5, 0.6) is 11.5 Å². The number of pyridine rings is 2. The number of hydrogen-bond acceptors (Lipinski definition) is 5. The van der Waals surface area contributed by atoms with Crippen LogP contribution in [0.3, 0.4) is 0 Å². The average molecular weight is 592 g/mol. The molecule has 0 N–H and O–H groups in total. The second-order valence-electron chi connectivity index (χ2n) is 14.2. The van der Waals surface area contributed by atoms with Gasteiger partial charge in [0.25, 0.3) is 0 Å². The largest absolute Gasteiger partial charge is 0.457 e. The molecule has 0 unspecified atom stereocenters. The number of benzene rings is 3. The maximum absolute atomic E-state index is 6.60. The number of nitrogens with zero attached hydrogens (tertiary/aromatic N) is 5. The highest BCUT2D eigenvalue weighted by molar-refractivity contribution is 6.09. The number of ether oxygens (including phenoxy) is 1. The van der Waals surface area contributed by atoms with Gasteiger partial charge in [-0.2, -0.15) is 0 Å². The first-order chi connectivity index (χ1) is 21.9. The Hall–Kier alpha value is -4.84. The molecule has 3 aromatic carbocycles. The second kappa shape index (κ2) is 9.58. The topological polar surface area (TPSA) is 46.4 Å². The van der Waals surface area contributed by atoms with Crippen LogP contribution in [0.2, 0.25) is 0 Å². The van der Waals surface area contributed by atoms with Gasteiger partial charge in [-0.3, -0.25) is 4.57 Å². The number of hydrogen-bond donors (Lipinski definition) is 0. The summed E-state index contributed by atoms with van der Waals surface area (Å²) < 4.78 is 8.86. The lowest BCUT2D eigenvalue weighted by molar-refractivity contribution is 0.232. The SMILES string of the molecule is CC(C)(C)c1ccnc(-n2c3ccccc3c3ccc(Oc4cccc(N5CN(C67CCC(C6)C7)c6cccnc65)c4)cc32)c1. The summed E-state index contributed by atoms with van der Waals surface area (Å²) in [5.74, 6) is 4.46. The fourth-order valence-corrected chi connectivity index (χ4v) is 8.07. The van der Waals surface area contributed by atoms with E-state index in [-0.39, 0.29) is 5.41 Å². The molecule has 0 radical (unpaired) electrons. The van der Waals surface area contributed by atoms with Crippen LogP contribution in [-0.2, 0) is 5.41 Å². The lowest BCUT2D eigenvalue weighted by Crippen LogP contribution is -2.53. The minimum Gasteiger partial charge on any atom is -0.457 e. The van der Waals surface area contributed by atoms with Crippen molar-refractivity contribution in [3.05, 3.63) is 109 Å². The van der Waals surface area contributed by atoms with E-state index in [0.29, 0.717) is 5.54 Å². The number of para-hydroxylation sites is 1. The summed E-state index contributed by atoms with van der Waals surface area (Å²) in [6, 6.07) is 32.0. The van der Waals surface area contributed by atoms with Crippen molar-refractivity contribution >= 4 is 39.0 Å². The van der Waals surface area contributed by atoms with Gasteiger partial charge >= 0.3 is 0 Å². The fourth-order valence-electron chi connectivity index (χ4n) is 8.07. The molecular formula is C39H37N5O. The van der Waals surface area contributed by atoms with Gasteiger partial charge in [-0.15, -0.1) is 0 Å². The summed E-state index contributed by atoms with van der Waals surface area (Å²) >= 11 is 0. The quantitative estimate of drug-likeness (QED) is 0.200. The zero-order chi connectivity index (χ0) is 30.3. The third-order valence-corrected chi connectivity index (χ3v) is 10.4. The number of fused-ring (bicyclic) bond motifs is 5. The van der Waals surface area contributed by atoms with Crippen molar-refractivity contribution in [2.45, 2.75) is 57.4 Å². The van der Waals surface area contributed by atoms with E-state index < -0.39 is 0 Å². The normalized spacial score (nSPS) is 20.6. The van der Waals surface area contributed by atoms with Gasteiger partial charge in [0.05, 0.1) is 23.4 Å². The van der Waals surface area contributed by atoms with E-state index in [2.05, 4.69) is 120 Å². The molecule has 0 spiro atoms. The predicted octanol–water partition coefficient (Wildman–Crippen LogP) is 9.52. The minimum atomic E-state index is 0.0230. The molecule has 0 amide bonds. The molecule has 6 heteroatoms. The predicted molar refractivity (Wildman–Crippen MR) is 182 cm³/mol. The van der Waals surface area contributed by atoms with Crippen LogP contribution in [0, 0.1) is 5.92 Å². The molecule has 45 heavy (non-hydrogen) atoms.